The normalized spacial score (nSPS) is 10.2. The van der Waals surface area contributed by atoms with E-state index in [4.69, 9.17) is 31.5 Å². The first-order valence-electron chi connectivity index (χ1n) is 9.22. The molecule has 0 atom stereocenters. The number of ether oxygens (including phenoxy) is 3. The van der Waals surface area contributed by atoms with Gasteiger partial charge < -0.3 is 25.3 Å². The summed E-state index contributed by atoms with van der Waals surface area (Å²) in [7, 11) is 1.37. The van der Waals surface area contributed by atoms with Crippen LogP contribution in [0.4, 0.5) is 11.4 Å². The molecule has 2 rings (SSSR count). The quantitative estimate of drug-likeness (QED) is 0.351. The minimum atomic E-state index is -0.783. The fourth-order valence-electron chi connectivity index (χ4n) is 2.39. The van der Waals surface area contributed by atoms with E-state index in [-0.39, 0.29) is 22.0 Å². The van der Waals surface area contributed by atoms with E-state index in [0.29, 0.717) is 17.9 Å². The van der Waals surface area contributed by atoms with Crippen LogP contribution in [-0.4, -0.2) is 38.2 Å². The standard InChI is InChI=1S/C21H23ClN2O6/c1-3-4-9-29-20(26)13-5-7-14(8-6-13)24-19(25)12-30-21(27)15-10-16(22)17(23)11-18(15)28-2/h5-8,10-11H,3-4,9,12,23H2,1-2H3,(H,24,25). The Kier molecular flexibility index (Phi) is 8.49. The van der Waals surface area contributed by atoms with E-state index in [2.05, 4.69) is 5.32 Å². The van der Waals surface area contributed by atoms with Crippen molar-refractivity contribution in [1.29, 1.82) is 0 Å². The Morgan fingerprint density at radius 1 is 1.07 bits per heavy atom. The van der Waals surface area contributed by atoms with Crippen molar-refractivity contribution in [1.82, 2.24) is 0 Å². The van der Waals surface area contributed by atoms with Gasteiger partial charge in [-0.3, -0.25) is 4.79 Å². The van der Waals surface area contributed by atoms with Gasteiger partial charge in [0, 0.05) is 11.8 Å². The van der Waals surface area contributed by atoms with Gasteiger partial charge in [-0.1, -0.05) is 24.9 Å². The van der Waals surface area contributed by atoms with Crippen LogP contribution in [0, 0.1) is 0 Å². The summed E-state index contributed by atoms with van der Waals surface area (Å²) in [5, 5.41) is 2.74. The van der Waals surface area contributed by atoms with Gasteiger partial charge in [-0.25, -0.2) is 9.59 Å². The summed E-state index contributed by atoms with van der Waals surface area (Å²) in [4.78, 5) is 36.2. The molecule has 2 aromatic rings. The number of anilines is 2. The van der Waals surface area contributed by atoms with E-state index in [1.165, 1.54) is 31.4 Å². The predicted molar refractivity (Wildman–Crippen MR) is 113 cm³/mol. The number of hydrogen-bond acceptors (Lipinski definition) is 7. The van der Waals surface area contributed by atoms with Gasteiger partial charge in [-0.15, -0.1) is 0 Å². The summed E-state index contributed by atoms with van der Waals surface area (Å²) in [6, 6.07) is 8.90. The lowest BCUT2D eigenvalue weighted by molar-refractivity contribution is -0.119. The second kappa shape index (κ2) is 11.1. The molecule has 30 heavy (non-hydrogen) atoms. The summed E-state index contributed by atoms with van der Waals surface area (Å²) >= 11 is 5.93. The molecule has 1 amide bonds. The molecular weight excluding hydrogens is 412 g/mol. The molecule has 0 saturated heterocycles. The van der Waals surface area contributed by atoms with Gasteiger partial charge in [0.05, 0.1) is 30.0 Å². The number of amides is 1. The zero-order valence-electron chi connectivity index (χ0n) is 16.7. The fourth-order valence-corrected chi connectivity index (χ4v) is 2.55. The molecular formula is C21H23ClN2O6. The fraction of sp³-hybridized carbons (Fsp3) is 0.286. The smallest absolute Gasteiger partial charge is 0.342 e. The highest BCUT2D eigenvalue weighted by atomic mass is 35.5. The second-order valence-electron chi connectivity index (χ2n) is 6.27. The van der Waals surface area contributed by atoms with Crippen molar-refractivity contribution >= 4 is 40.8 Å². The van der Waals surface area contributed by atoms with Crippen LogP contribution >= 0.6 is 11.6 Å². The van der Waals surface area contributed by atoms with Crippen molar-refractivity contribution in [3.8, 4) is 5.75 Å². The average Bonchev–Trinajstić information content (AvgIpc) is 2.74. The van der Waals surface area contributed by atoms with E-state index < -0.39 is 24.5 Å². The Balaban J connectivity index is 1.90. The van der Waals surface area contributed by atoms with Crippen LogP contribution in [-0.2, 0) is 14.3 Å². The lowest BCUT2D eigenvalue weighted by Gasteiger charge is -2.11. The summed E-state index contributed by atoms with van der Waals surface area (Å²) < 4.78 is 15.2. The first-order valence-corrected chi connectivity index (χ1v) is 9.60. The van der Waals surface area contributed by atoms with Crippen molar-refractivity contribution in [2.24, 2.45) is 0 Å². The third-order valence-electron chi connectivity index (χ3n) is 4.01. The largest absolute Gasteiger partial charge is 0.496 e. The molecule has 0 fully saturated rings. The summed E-state index contributed by atoms with van der Waals surface area (Å²) in [5.74, 6) is -1.58. The first-order chi connectivity index (χ1) is 14.3. The number of nitrogens with one attached hydrogen (secondary N) is 1. The van der Waals surface area contributed by atoms with Gasteiger partial charge in [-0.05, 0) is 36.8 Å². The molecule has 2 aromatic carbocycles. The van der Waals surface area contributed by atoms with Crippen molar-refractivity contribution in [3.05, 3.63) is 52.5 Å². The van der Waals surface area contributed by atoms with E-state index in [9.17, 15) is 14.4 Å². The third-order valence-corrected chi connectivity index (χ3v) is 4.34. The molecule has 0 aliphatic carbocycles. The van der Waals surface area contributed by atoms with E-state index >= 15 is 0 Å². The summed E-state index contributed by atoms with van der Waals surface area (Å²) in [6.07, 6.45) is 1.73. The van der Waals surface area contributed by atoms with Gasteiger partial charge in [0.2, 0.25) is 0 Å². The molecule has 160 valence electrons. The van der Waals surface area contributed by atoms with Gasteiger partial charge in [-0.2, -0.15) is 0 Å². The molecule has 0 aromatic heterocycles. The molecule has 0 radical (unpaired) electrons. The molecule has 0 aliphatic rings. The van der Waals surface area contributed by atoms with Crippen LogP contribution in [0.1, 0.15) is 40.5 Å². The lowest BCUT2D eigenvalue weighted by atomic mass is 10.2. The monoisotopic (exact) mass is 434 g/mol. The van der Waals surface area contributed by atoms with Crippen LogP contribution < -0.4 is 15.8 Å². The van der Waals surface area contributed by atoms with Gasteiger partial charge in [0.25, 0.3) is 5.91 Å². The highest BCUT2D eigenvalue weighted by molar-refractivity contribution is 6.33. The number of methoxy groups -OCH3 is 1. The average molecular weight is 435 g/mol. The highest BCUT2D eigenvalue weighted by Gasteiger charge is 2.18. The lowest BCUT2D eigenvalue weighted by Crippen LogP contribution is -2.21. The molecule has 0 spiro atoms. The van der Waals surface area contributed by atoms with Crippen molar-refractivity contribution in [2.45, 2.75) is 19.8 Å². The van der Waals surface area contributed by atoms with Gasteiger partial charge >= 0.3 is 11.9 Å². The molecule has 0 unspecified atom stereocenters. The minimum Gasteiger partial charge on any atom is -0.496 e. The number of esters is 2. The maximum absolute atomic E-state index is 12.2. The molecule has 8 nitrogen and oxygen atoms in total. The summed E-state index contributed by atoms with van der Waals surface area (Å²) in [6.45, 7) is 1.85. The SMILES string of the molecule is CCCCOC(=O)c1ccc(NC(=O)COC(=O)c2cc(Cl)c(N)cc2OC)cc1. The number of rotatable bonds is 9. The maximum atomic E-state index is 12.2. The number of unbranched alkanes of at least 4 members (excludes halogenated alkanes) is 1. The molecule has 9 heteroatoms. The van der Waals surface area contributed by atoms with Gasteiger partial charge in [0.1, 0.15) is 11.3 Å². The Morgan fingerprint density at radius 3 is 2.40 bits per heavy atom. The van der Waals surface area contributed by atoms with Crippen LogP contribution in [0.5, 0.6) is 5.75 Å². The van der Waals surface area contributed by atoms with Gasteiger partial charge in [0.15, 0.2) is 6.61 Å². The number of carbonyl (C=O) groups excluding carboxylic acids is 3. The zero-order valence-corrected chi connectivity index (χ0v) is 17.5. The maximum Gasteiger partial charge on any atom is 0.342 e. The Hall–Kier alpha value is -3.26. The van der Waals surface area contributed by atoms with Crippen molar-refractivity contribution < 1.29 is 28.6 Å². The summed E-state index contributed by atoms with van der Waals surface area (Å²) in [5.41, 5.74) is 6.79. The van der Waals surface area contributed by atoms with Crippen LogP contribution in [0.15, 0.2) is 36.4 Å². The Morgan fingerprint density at radius 2 is 1.77 bits per heavy atom. The molecule has 0 aliphatic heterocycles. The number of hydrogen-bond donors (Lipinski definition) is 2. The van der Waals surface area contributed by atoms with E-state index in [1.807, 2.05) is 6.92 Å². The number of nitrogen functional groups attached to an aromatic ring is 1. The molecule has 0 heterocycles. The van der Waals surface area contributed by atoms with Crippen molar-refractivity contribution in [3.63, 3.8) is 0 Å². The highest BCUT2D eigenvalue weighted by Crippen LogP contribution is 2.29. The number of halogens is 1. The van der Waals surface area contributed by atoms with E-state index in [1.54, 1.807) is 12.1 Å². The third kappa shape index (κ3) is 6.38. The van der Waals surface area contributed by atoms with Crippen LogP contribution in [0.25, 0.3) is 0 Å². The molecule has 3 N–H and O–H groups in total. The topological polar surface area (TPSA) is 117 Å². The van der Waals surface area contributed by atoms with E-state index in [0.717, 1.165) is 12.8 Å². The van der Waals surface area contributed by atoms with Crippen LogP contribution in [0.3, 0.4) is 0 Å². The Bertz CT molecular complexity index is 914. The zero-order chi connectivity index (χ0) is 22.1. The second-order valence-corrected chi connectivity index (χ2v) is 6.67. The van der Waals surface area contributed by atoms with Crippen molar-refractivity contribution in [2.75, 3.05) is 31.4 Å². The van der Waals surface area contributed by atoms with Crippen LogP contribution in [0.2, 0.25) is 5.02 Å². The number of carbonyl (C=O) groups is 3. The predicted octanol–water partition coefficient (Wildman–Crippen LogP) is 3.68. The Labute approximate surface area is 179 Å². The number of nitrogens with two attached hydrogens (primary N) is 1. The molecule has 0 bridgehead atoms. The minimum absolute atomic E-state index is 0.0513. The molecule has 0 saturated carbocycles. The first kappa shape index (κ1) is 23.0. The number of benzene rings is 2.